The number of rotatable bonds is 7. The van der Waals surface area contributed by atoms with Gasteiger partial charge in [-0.05, 0) is 61.8 Å². The Morgan fingerprint density at radius 2 is 2.18 bits per heavy atom. The monoisotopic (exact) mass is 433 g/mol. The van der Waals surface area contributed by atoms with Gasteiger partial charge in [-0.2, -0.15) is 0 Å². The van der Waals surface area contributed by atoms with E-state index in [0.717, 1.165) is 37.9 Å². The molecule has 2 fully saturated rings. The van der Waals surface area contributed by atoms with Crippen LogP contribution in [0.1, 0.15) is 43.9 Å². The van der Waals surface area contributed by atoms with Crippen molar-refractivity contribution in [3.05, 3.63) is 22.4 Å². The molecule has 1 aromatic heterocycles. The lowest BCUT2D eigenvalue weighted by Gasteiger charge is -2.41. The van der Waals surface area contributed by atoms with E-state index in [1.165, 1.54) is 37.0 Å². The highest BCUT2D eigenvalue weighted by molar-refractivity contribution is 14.0. The van der Waals surface area contributed by atoms with Crippen LogP contribution in [0.15, 0.2) is 22.5 Å². The Morgan fingerprint density at radius 1 is 1.36 bits per heavy atom. The van der Waals surface area contributed by atoms with Gasteiger partial charge in [0, 0.05) is 24.5 Å². The van der Waals surface area contributed by atoms with Crippen LogP contribution in [0.5, 0.6) is 0 Å². The summed E-state index contributed by atoms with van der Waals surface area (Å²) < 4.78 is 0. The lowest BCUT2D eigenvalue weighted by atomic mass is 9.65. The molecule has 3 rings (SSSR count). The molecule has 2 aliphatic rings. The van der Waals surface area contributed by atoms with E-state index in [1.54, 1.807) is 0 Å². The van der Waals surface area contributed by atoms with Gasteiger partial charge < -0.3 is 10.6 Å². The summed E-state index contributed by atoms with van der Waals surface area (Å²) in [5.41, 5.74) is 0.566. The SMILES string of the molecule is CCNC(=NCC1(C2CC2)CCC1)NCCc1cccs1.I. The van der Waals surface area contributed by atoms with Gasteiger partial charge in [-0.25, -0.2) is 0 Å². The third-order valence-corrected chi connectivity index (χ3v) is 5.87. The second-order valence-electron chi connectivity index (χ2n) is 6.44. The zero-order valence-corrected chi connectivity index (χ0v) is 16.6. The molecule has 0 radical (unpaired) electrons. The Balaban J connectivity index is 0.00000176. The molecular weight excluding hydrogens is 405 g/mol. The topological polar surface area (TPSA) is 36.4 Å². The smallest absolute Gasteiger partial charge is 0.191 e. The first-order chi connectivity index (χ1) is 10.3. The van der Waals surface area contributed by atoms with E-state index in [1.807, 2.05) is 11.3 Å². The van der Waals surface area contributed by atoms with E-state index >= 15 is 0 Å². The fourth-order valence-electron chi connectivity index (χ4n) is 3.36. The Labute approximate surface area is 155 Å². The maximum atomic E-state index is 4.89. The van der Waals surface area contributed by atoms with Gasteiger partial charge in [-0.1, -0.05) is 12.5 Å². The molecule has 0 aliphatic heterocycles. The van der Waals surface area contributed by atoms with E-state index in [2.05, 4.69) is 35.1 Å². The van der Waals surface area contributed by atoms with Crippen molar-refractivity contribution in [3.8, 4) is 0 Å². The van der Waals surface area contributed by atoms with Crippen LogP contribution in [-0.4, -0.2) is 25.6 Å². The molecule has 2 N–H and O–H groups in total. The van der Waals surface area contributed by atoms with Gasteiger partial charge in [0.15, 0.2) is 5.96 Å². The highest BCUT2D eigenvalue weighted by Gasteiger charge is 2.48. The first kappa shape index (κ1) is 18.0. The van der Waals surface area contributed by atoms with Gasteiger partial charge in [-0.3, -0.25) is 4.99 Å². The Hall–Kier alpha value is -0.300. The van der Waals surface area contributed by atoms with Crippen molar-refractivity contribution in [2.24, 2.45) is 16.3 Å². The van der Waals surface area contributed by atoms with Gasteiger partial charge in [0.2, 0.25) is 0 Å². The van der Waals surface area contributed by atoms with Gasteiger partial charge in [0.1, 0.15) is 0 Å². The fourth-order valence-corrected chi connectivity index (χ4v) is 4.07. The molecule has 3 nitrogen and oxygen atoms in total. The minimum absolute atomic E-state index is 0. The van der Waals surface area contributed by atoms with Crippen molar-refractivity contribution in [2.45, 2.75) is 45.4 Å². The summed E-state index contributed by atoms with van der Waals surface area (Å²) in [4.78, 5) is 6.32. The van der Waals surface area contributed by atoms with E-state index in [9.17, 15) is 0 Å². The standard InChI is InChI=1S/C17H27N3S.HI/c1-2-18-16(19-11-8-15-5-3-12-21-15)20-13-17(9-4-10-17)14-6-7-14;/h3,5,12,14H,2,4,6-11,13H2,1H3,(H2,18,19,20);1H. The fraction of sp³-hybridized carbons (Fsp3) is 0.706. The van der Waals surface area contributed by atoms with Gasteiger partial charge >= 0.3 is 0 Å². The predicted octanol–water partition coefficient (Wildman–Crippen LogP) is 4.04. The summed E-state index contributed by atoms with van der Waals surface area (Å²) in [6, 6.07) is 4.32. The van der Waals surface area contributed by atoms with Crippen molar-refractivity contribution >= 4 is 41.3 Å². The van der Waals surface area contributed by atoms with Crippen LogP contribution >= 0.6 is 35.3 Å². The van der Waals surface area contributed by atoms with E-state index < -0.39 is 0 Å². The molecule has 2 saturated carbocycles. The molecule has 0 unspecified atom stereocenters. The minimum atomic E-state index is 0. The van der Waals surface area contributed by atoms with E-state index in [0.29, 0.717) is 5.41 Å². The molecule has 0 amide bonds. The summed E-state index contributed by atoms with van der Waals surface area (Å²) in [6.45, 7) is 5.05. The summed E-state index contributed by atoms with van der Waals surface area (Å²) >= 11 is 1.83. The van der Waals surface area contributed by atoms with E-state index in [-0.39, 0.29) is 24.0 Å². The zero-order chi connectivity index (χ0) is 14.5. The van der Waals surface area contributed by atoms with Crippen molar-refractivity contribution in [1.82, 2.24) is 10.6 Å². The van der Waals surface area contributed by atoms with Gasteiger partial charge in [0.05, 0.1) is 0 Å². The van der Waals surface area contributed by atoms with Crippen molar-refractivity contribution in [3.63, 3.8) is 0 Å². The maximum Gasteiger partial charge on any atom is 0.191 e. The molecule has 0 atom stereocenters. The maximum absolute atomic E-state index is 4.89. The van der Waals surface area contributed by atoms with Crippen molar-refractivity contribution < 1.29 is 0 Å². The molecule has 2 aliphatic carbocycles. The summed E-state index contributed by atoms with van der Waals surface area (Å²) in [5.74, 6) is 1.98. The first-order valence-electron chi connectivity index (χ1n) is 8.37. The van der Waals surface area contributed by atoms with Crippen LogP contribution in [0.2, 0.25) is 0 Å². The second-order valence-corrected chi connectivity index (χ2v) is 7.47. The van der Waals surface area contributed by atoms with Crippen LogP contribution in [0.25, 0.3) is 0 Å². The molecule has 124 valence electrons. The molecule has 1 aromatic rings. The first-order valence-corrected chi connectivity index (χ1v) is 9.25. The number of halogens is 1. The molecule has 0 saturated heterocycles. The van der Waals surface area contributed by atoms with Crippen LogP contribution in [0, 0.1) is 11.3 Å². The number of nitrogens with one attached hydrogen (secondary N) is 2. The average molecular weight is 433 g/mol. The number of hydrogen-bond acceptors (Lipinski definition) is 2. The molecule has 5 heteroatoms. The zero-order valence-electron chi connectivity index (χ0n) is 13.4. The van der Waals surface area contributed by atoms with E-state index in [4.69, 9.17) is 4.99 Å². The van der Waals surface area contributed by atoms with Crippen LogP contribution in [0.3, 0.4) is 0 Å². The third kappa shape index (κ3) is 4.60. The molecule has 1 heterocycles. The Bertz CT molecular complexity index is 464. The number of guanidine groups is 1. The highest BCUT2D eigenvalue weighted by atomic mass is 127. The van der Waals surface area contributed by atoms with Crippen molar-refractivity contribution in [1.29, 1.82) is 0 Å². The van der Waals surface area contributed by atoms with Gasteiger partial charge in [-0.15, -0.1) is 35.3 Å². The average Bonchev–Trinajstić information content (AvgIpc) is 3.15. The largest absolute Gasteiger partial charge is 0.357 e. The van der Waals surface area contributed by atoms with Crippen LogP contribution < -0.4 is 10.6 Å². The van der Waals surface area contributed by atoms with Crippen LogP contribution in [0.4, 0.5) is 0 Å². The molecule has 0 bridgehead atoms. The third-order valence-electron chi connectivity index (χ3n) is 4.93. The molecule has 0 aromatic carbocycles. The molecule has 0 spiro atoms. The summed E-state index contributed by atoms with van der Waals surface area (Å²) in [5, 5.41) is 9.01. The Morgan fingerprint density at radius 3 is 2.73 bits per heavy atom. The number of aliphatic imine (C=N–C) groups is 1. The normalized spacial score (nSPS) is 20.0. The number of thiophene rings is 1. The molecular formula is C17H28IN3S. The molecule has 22 heavy (non-hydrogen) atoms. The lowest BCUT2D eigenvalue weighted by molar-refractivity contribution is 0.113. The summed E-state index contributed by atoms with van der Waals surface area (Å²) in [7, 11) is 0. The number of hydrogen-bond donors (Lipinski definition) is 2. The lowest BCUT2D eigenvalue weighted by Crippen LogP contribution is -2.41. The van der Waals surface area contributed by atoms with Crippen molar-refractivity contribution in [2.75, 3.05) is 19.6 Å². The minimum Gasteiger partial charge on any atom is -0.357 e. The second kappa shape index (κ2) is 8.52. The summed E-state index contributed by atoms with van der Waals surface area (Å²) in [6.07, 6.45) is 8.17. The van der Waals surface area contributed by atoms with Gasteiger partial charge in [0.25, 0.3) is 0 Å². The highest BCUT2D eigenvalue weighted by Crippen LogP contribution is 2.57. The quantitative estimate of drug-likeness (QED) is 0.387. The number of nitrogens with zero attached hydrogens (tertiary/aromatic N) is 1. The van der Waals surface area contributed by atoms with Crippen LogP contribution in [-0.2, 0) is 6.42 Å². The predicted molar refractivity (Wildman–Crippen MR) is 106 cm³/mol. The Kier molecular flexibility index (Phi) is 6.99.